The van der Waals surface area contributed by atoms with E-state index in [2.05, 4.69) is 33.1 Å². The number of hydrazone groups is 1. The van der Waals surface area contributed by atoms with Crippen LogP contribution in [0.4, 0.5) is 0 Å². The summed E-state index contributed by atoms with van der Waals surface area (Å²) in [6.07, 6.45) is 1.60. The number of benzene rings is 3. The minimum Gasteiger partial charge on any atom is -0.488 e. The van der Waals surface area contributed by atoms with Crippen molar-refractivity contribution >= 4 is 34.7 Å². The van der Waals surface area contributed by atoms with E-state index in [1.165, 1.54) is 3.57 Å². The summed E-state index contributed by atoms with van der Waals surface area (Å²) < 4.78 is 7.11. The van der Waals surface area contributed by atoms with Crippen molar-refractivity contribution in [3.05, 3.63) is 98.6 Å². The van der Waals surface area contributed by atoms with Gasteiger partial charge in [0.05, 0.1) is 6.21 Å². The van der Waals surface area contributed by atoms with E-state index in [1.807, 2.05) is 73.7 Å². The molecular formula is C22H19IN2O2. The molecule has 27 heavy (non-hydrogen) atoms. The lowest BCUT2D eigenvalue weighted by Gasteiger charge is -2.09. The molecule has 0 aromatic heterocycles. The highest BCUT2D eigenvalue weighted by atomic mass is 127. The summed E-state index contributed by atoms with van der Waals surface area (Å²) >= 11 is 2.28. The quantitative estimate of drug-likeness (QED) is 0.315. The lowest BCUT2D eigenvalue weighted by atomic mass is 10.1. The van der Waals surface area contributed by atoms with E-state index in [-0.39, 0.29) is 5.91 Å². The van der Waals surface area contributed by atoms with Gasteiger partial charge >= 0.3 is 0 Å². The summed E-state index contributed by atoms with van der Waals surface area (Å²) in [4.78, 5) is 12.2. The van der Waals surface area contributed by atoms with E-state index in [1.54, 1.807) is 12.3 Å². The molecule has 0 atom stereocenters. The fourth-order valence-corrected chi connectivity index (χ4v) is 2.87. The molecule has 0 bridgehead atoms. The molecule has 0 aliphatic heterocycles. The highest BCUT2D eigenvalue weighted by Gasteiger charge is 2.07. The number of carbonyl (C=O) groups is 1. The van der Waals surface area contributed by atoms with E-state index in [4.69, 9.17) is 4.74 Å². The summed E-state index contributed by atoms with van der Waals surface area (Å²) in [5.41, 5.74) is 5.98. The number of nitrogens with one attached hydrogen (secondary N) is 1. The van der Waals surface area contributed by atoms with Crippen molar-refractivity contribution < 1.29 is 9.53 Å². The molecule has 4 nitrogen and oxygen atoms in total. The maximum absolute atomic E-state index is 12.2. The Labute approximate surface area is 172 Å². The first kappa shape index (κ1) is 19.1. The van der Waals surface area contributed by atoms with Gasteiger partial charge in [-0.15, -0.1) is 0 Å². The molecule has 0 fully saturated rings. The number of nitrogens with zero attached hydrogens (tertiary/aromatic N) is 1. The number of rotatable bonds is 6. The summed E-state index contributed by atoms with van der Waals surface area (Å²) in [5.74, 6) is 0.478. The van der Waals surface area contributed by atoms with Crippen LogP contribution in [-0.4, -0.2) is 12.1 Å². The number of hydrogen-bond acceptors (Lipinski definition) is 3. The maximum Gasteiger partial charge on any atom is 0.271 e. The lowest BCUT2D eigenvalue weighted by molar-refractivity contribution is 0.0954. The number of ether oxygens (including phenoxy) is 1. The van der Waals surface area contributed by atoms with Crippen LogP contribution in [0.2, 0.25) is 0 Å². The summed E-state index contributed by atoms with van der Waals surface area (Å²) in [6.45, 7) is 2.36. The van der Waals surface area contributed by atoms with E-state index in [0.717, 1.165) is 16.7 Å². The molecule has 0 aliphatic rings. The fraction of sp³-hybridized carbons (Fsp3) is 0.0909. The van der Waals surface area contributed by atoms with Crippen LogP contribution >= 0.6 is 22.6 Å². The normalized spacial score (nSPS) is 10.7. The molecule has 136 valence electrons. The lowest BCUT2D eigenvalue weighted by Crippen LogP contribution is -2.18. The summed E-state index contributed by atoms with van der Waals surface area (Å²) in [7, 11) is 0. The van der Waals surface area contributed by atoms with Crippen LogP contribution in [-0.2, 0) is 6.61 Å². The molecule has 0 saturated heterocycles. The van der Waals surface area contributed by atoms with Gasteiger partial charge in [-0.05, 0) is 71.0 Å². The SMILES string of the molecule is Cc1ccccc1C(=O)N/N=C/c1ccccc1OCc1ccc(I)cc1. The molecule has 0 unspecified atom stereocenters. The van der Waals surface area contributed by atoms with Crippen LogP contribution in [0.1, 0.15) is 27.0 Å². The first-order valence-corrected chi connectivity index (χ1v) is 9.56. The van der Waals surface area contributed by atoms with Gasteiger partial charge in [-0.25, -0.2) is 5.43 Å². The summed E-state index contributed by atoms with van der Waals surface area (Å²) in [6, 6.07) is 23.2. The molecule has 3 rings (SSSR count). The predicted octanol–water partition coefficient (Wildman–Crippen LogP) is 4.94. The Kier molecular flexibility index (Phi) is 6.59. The number of carbonyl (C=O) groups excluding carboxylic acids is 1. The Morgan fingerprint density at radius 3 is 2.52 bits per heavy atom. The van der Waals surface area contributed by atoms with Crippen molar-refractivity contribution in [1.82, 2.24) is 5.43 Å². The molecule has 1 amide bonds. The van der Waals surface area contributed by atoms with Gasteiger partial charge in [-0.3, -0.25) is 4.79 Å². The van der Waals surface area contributed by atoms with Crippen molar-refractivity contribution in [2.24, 2.45) is 5.10 Å². The average molecular weight is 470 g/mol. The molecule has 0 spiro atoms. The zero-order valence-electron chi connectivity index (χ0n) is 14.9. The van der Waals surface area contributed by atoms with Gasteiger partial charge in [-0.2, -0.15) is 5.10 Å². The standard InChI is InChI=1S/C22H19IN2O2/c1-16-6-2-4-8-20(16)22(26)25-24-14-18-7-3-5-9-21(18)27-15-17-10-12-19(23)13-11-17/h2-14H,15H2,1H3,(H,25,26)/b24-14+. The fourth-order valence-electron chi connectivity index (χ4n) is 2.51. The van der Waals surface area contributed by atoms with Gasteiger partial charge in [0, 0.05) is 14.7 Å². The molecule has 0 aliphatic carbocycles. The molecule has 3 aromatic rings. The van der Waals surface area contributed by atoms with Gasteiger partial charge in [0.25, 0.3) is 5.91 Å². The molecule has 0 saturated carbocycles. The van der Waals surface area contributed by atoms with Gasteiger partial charge in [-0.1, -0.05) is 42.5 Å². The Balaban J connectivity index is 1.65. The minimum atomic E-state index is -0.235. The Morgan fingerprint density at radius 2 is 1.74 bits per heavy atom. The van der Waals surface area contributed by atoms with Crippen molar-refractivity contribution in [2.75, 3.05) is 0 Å². The van der Waals surface area contributed by atoms with Crippen LogP contribution in [0.15, 0.2) is 77.9 Å². The van der Waals surface area contributed by atoms with Crippen LogP contribution in [0, 0.1) is 10.5 Å². The third-order valence-corrected chi connectivity index (χ3v) is 4.71. The van der Waals surface area contributed by atoms with Crippen LogP contribution in [0.5, 0.6) is 5.75 Å². The Morgan fingerprint density at radius 1 is 1.04 bits per heavy atom. The van der Waals surface area contributed by atoms with E-state index in [9.17, 15) is 4.79 Å². The van der Waals surface area contributed by atoms with Crippen molar-refractivity contribution in [3.8, 4) is 5.75 Å². The molecule has 0 radical (unpaired) electrons. The largest absolute Gasteiger partial charge is 0.488 e. The van der Waals surface area contributed by atoms with E-state index in [0.29, 0.717) is 17.9 Å². The third kappa shape index (κ3) is 5.40. The van der Waals surface area contributed by atoms with Crippen LogP contribution in [0.25, 0.3) is 0 Å². The molecule has 3 aromatic carbocycles. The number of amides is 1. The smallest absolute Gasteiger partial charge is 0.271 e. The first-order valence-electron chi connectivity index (χ1n) is 8.49. The monoisotopic (exact) mass is 470 g/mol. The number of aryl methyl sites for hydroxylation is 1. The summed E-state index contributed by atoms with van der Waals surface area (Å²) in [5, 5.41) is 4.08. The average Bonchev–Trinajstić information content (AvgIpc) is 2.68. The van der Waals surface area contributed by atoms with E-state index < -0.39 is 0 Å². The number of halogens is 1. The van der Waals surface area contributed by atoms with Gasteiger partial charge in [0.15, 0.2) is 0 Å². The van der Waals surface area contributed by atoms with Gasteiger partial charge in [0.2, 0.25) is 0 Å². The van der Waals surface area contributed by atoms with Crippen molar-refractivity contribution in [1.29, 1.82) is 0 Å². The zero-order valence-corrected chi connectivity index (χ0v) is 17.0. The van der Waals surface area contributed by atoms with Crippen LogP contribution in [0.3, 0.4) is 0 Å². The Hall–Kier alpha value is -2.67. The van der Waals surface area contributed by atoms with E-state index >= 15 is 0 Å². The predicted molar refractivity (Wildman–Crippen MR) is 116 cm³/mol. The minimum absolute atomic E-state index is 0.235. The molecule has 5 heteroatoms. The number of para-hydroxylation sites is 1. The van der Waals surface area contributed by atoms with Crippen molar-refractivity contribution in [3.63, 3.8) is 0 Å². The van der Waals surface area contributed by atoms with Crippen molar-refractivity contribution in [2.45, 2.75) is 13.5 Å². The van der Waals surface area contributed by atoms with Crippen LogP contribution < -0.4 is 10.2 Å². The molecular weight excluding hydrogens is 451 g/mol. The van der Waals surface area contributed by atoms with Gasteiger partial charge in [0.1, 0.15) is 12.4 Å². The number of hydrogen-bond donors (Lipinski definition) is 1. The zero-order chi connectivity index (χ0) is 19.1. The highest BCUT2D eigenvalue weighted by Crippen LogP contribution is 2.18. The van der Waals surface area contributed by atoms with Gasteiger partial charge < -0.3 is 4.74 Å². The highest BCUT2D eigenvalue weighted by molar-refractivity contribution is 14.1. The first-order chi connectivity index (χ1) is 13.1. The second kappa shape index (κ2) is 9.32. The molecule has 0 heterocycles. The molecule has 1 N–H and O–H groups in total. The third-order valence-electron chi connectivity index (χ3n) is 3.99. The Bertz CT molecular complexity index is 953. The second-order valence-corrected chi connectivity index (χ2v) is 7.21. The topological polar surface area (TPSA) is 50.7 Å². The second-order valence-electron chi connectivity index (χ2n) is 5.97. The maximum atomic E-state index is 12.2.